The van der Waals surface area contributed by atoms with E-state index < -0.39 is 6.10 Å². The van der Waals surface area contributed by atoms with Crippen molar-refractivity contribution in [2.45, 2.75) is 25.6 Å². The summed E-state index contributed by atoms with van der Waals surface area (Å²) >= 11 is 0. The van der Waals surface area contributed by atoms with Gasteiger partial charge in [0.25, 0.3) is 0 Å². The van der Waals surface area contributed by atoms with Crippen LogP contribution in [0.4, 0.5) is 0 Å². The Morgan fingerprint density at radius 3 is 3.00 bits per heavy atom. The highest BCUT2D eigenvalue weighted by Crippen LogP contribution is 2.12. The van der Waals surface area contributed by atoms with E-state index in [-0.39, 0.29) is 12.1 Å². The second-order valence-electron chi connectivity index (χ2n) is 2.55. The van der Waals surface area contributed by atoms with E-state index in [1.807, 2.05) is 13.0 Å². The number of carbonyl (C=O) groups excluding carboxylic acids is 1. The van der Waals surface area contributed by atoms with Crippen LogP contribution in [-0.4, -0.2) is 25.3 Å². The lowest BCUT2D eigenvalue weighted by atomic mass is 10.2. The first kappa shape index (κ1) is 8.27. The molecule has 0 aliphatic carbocycles. The van der Waals surface area contributed by atoms with Crippen LogP contribution in [0.3, 0.4) is 0 Å². The van der Waals surface area contributed by atoms with Gasteiger partial charge in [-0.2, -0.15) is 0 Å². The van der Waals surface area contributed by atoms with E-state index in [1.54, 1.807) is 6.08 Å². The first-order valence-electron chi connectivity index (χ1n) is 3.64. The molecule has 11 heavy (non-hydrogen) atoms. The lowest BCUT2D eigenvalue weighted by molar-refractivity contribution is -0.154. The average Bonchev–Trinajstić information content (AvgIpc) is 2.03. The molecule has 2 atom stereocenters. The fourth-order valence-electron chi connectivity index (χ4n) is 0.995. The van der Waals surface area contributed by atoms with Gasteiger partial charge in [0.15, 0.2) is 6.10 Å². The quantitative estimate of drug-likeness (QED) is 0.418. The molecular formula is C8H12O3. The van der Waals surface area contributed by atoms with E-state index in [0.29, 0.717) is 0 Å². The Hall–Kier alpha value is -0.830. The third-order valence-electron chi connectivity index (χ3n) is 1.59. The average molecular weight is 156 g/mol. The number of methoxy groups -OCH3 is 1. The Balaban J connectivity index is 2.52. The van der Waals surface area contributed by atoms with Crippen LogP contribution in [0.5, 0.6) is 0 Å². The maximum atomic E-state index is 10.9. The largest absolute Gasteiger partial charge is 0.467 e. The maximum absolute atomic E-state index is 10.9. The second kappa shape index (κ2) is 3.53. The molecule has 3 nitrogen and oxygen atoms in total. The molecule has 1 aliphatic rings. The Kier molecular flexibility index (Phi) is 2.65. The van der Waals surface area contributed by atoms with Crippen molar-refractivity contribution in [2.24, 2.45) is 0 Å². The molecule has 1 heterocycles. The van der Waals surface area contributed by atoms with Crippen LogP contribution in [0.1, 0.15) is 13.3 Å². The molecule has 0 spiro atoms. The molecule has 0 unspecified atom stereocenters. The summed E-state index contributed by atoms with van der Waals surface area (Å²) < 4.78 is 9.80. The van der Waals surface area contributed by atoms with E-state index >= 15 is 0 Å². The summed E-state index contributed by atoms with van der Waals surface area (Å²) in [7, 11) is 1.36. The van der Waals surface area contributed by atoms with Gasteiger partial charge in [-0.3, -0.25) is 0 Å². The molecule has 0 saturated carbocycles. The number of hydrogen-bond donors (Lipinski definition) is 0. The van der Waals surface area contributed by atoms with Gasteiger partial charge in [0.05, 0.1) is 13.2 Å². The molecule has 1 aliphatic heterocycles. The molecular weight excluding hydrogens is 144 g/mol. The summed E-state index contributed by atoms with van der Waals surface area (Å²) in [5, 5.41) is 0. The van der Waals surface area contributed by atoms with Crippen LogP contribution < -0.4 is 0 Å². The van der Waals surface area contributed by atoms with Crippen molar-refractivity contribution in [1.29, 1.82) is 0 Å². The third kappa shape index (κ3) is 2.05. The smallest absolute Gasteiger partial charge is 0.339 e. The predicted octanol–water partition coefficient (Wildman–Crippen LogP) is 0.893. The highest BCUT2D eigenvalue weighted by atomic mass is 16.6. The van der Waals surface area contributed by atoms with Crippen molar-refractivity contribution in [2.75, 3.05) is 7.11 Å². The SMILES string of the molecule is COC(=O)[C@H]1C=CC[C@H](C)O1. The first-order valence-corrected chi connectivity index (χ1v) is 3.64. The second-order valence-corrected chi connectivity index (χ2v) is 2.55. The summed E-state index contributed by atoms with van der Waals surface area (Å²) in [6.45, 7) is 1.93. The fraction of sp³-hybridized carbons (Fsp3) is 0.625. The Morgan fingerprint density at radius 1 is 1.73 bits per heavy atom. The van der Waals surface area contributed by atoms with Gasteiger partial charge >= 0.3 is 5.97 Å². The standard InChI is InChI=1S/C8H12O3/c1-6-4-3-5-7(11-6)8(9)10-2/h3,5-7H,4H2,1-2H3/t6-,7+/m0/s1. The monoisotopic (exact) mass is 156 g/mol. The lowest BCUT2D eigenvalue weighted by Crippen LogP contribution is -2.29. The van der Waals surface area contributed by atoms with Crippen molar-refractivity contribution in [1.82, 2.24) is 0 Å². The van der Waals surface area contributed by atoms with Gasteiger partial charge < -0.3 is 9.47 Å². The topological polar surface area (TPSA) is 35.5 Å². The van der Waals surface area contributed by atoms with Crippen LogP contribution in [0, 0.1) is 0 Å². The van der Waals surface area contributed by atoms with Gasteiger partial charge in [-0.05, 0) is 19.4 Å². The molecule has 0 amide bonds. The molecule has 0 saturated heterocycles. The van der Waals surface area contributed by atoms with E-state index in [9.17, 15) is 4.79 Å². The highest BCUT2D eigenvalue weighted by molar-refractivity contribution is 5.76. The summed E-state index contributed by atoms with van der Waals surface area (Å²) in [4.78, 5) is 10.9. The summed E-state index contributed by atoms with van der Waals surface area (Å²) in [6.07, 6.45) is 4.16. The molecule has 0 fully saturated rings. The molecule has 0 aromatic carbocycles. The van der Waals surface area contributed by atoms with Crippen molar-refractivity contribution in [3.8, 4) is 0 Å². The van der Waals surface area contributed by atoms with Crippen molar-refractivity contribution >= 4 is 5.97 Å². The Labute approximate surface area is 66.0 Å². The maximum Gasteiger partial charge on any atom is 0.339 e. The number of hydrogen-bond acceptors (Lipinski definition) is 3. The number of ether oxygens (including phenoxy) is 2. The minimum Gasteiger partial charge on any atom is -0.467 e. The van der Waals surface area contributed by atoms with Crippen molar-refractivity contribution in [3.05, 3.63) is 12.2 Å². The zero-order chi connectivity index (χ0) is 8.27. The molecule has 0 N–H and O–H groups in total. The number of carbonyl (C=O) groups is 1. The lowest BCUT2D eigenvalue weighted by Gasteiger charge is -2.20. The zero-order valence-electron chi connectivity index (χ0n) is 6.74. The van der Waals surface area contributed by atoms with E-state index in [4.69, 9.17) is 4.74 Å². The molecule has 0 bridgehead atoms. The van der Waals surface area contributed by atoms with Crippen LogP contribution in [-0.2, 0) is 14.3 Å². The molecule has 1 rings (SSSR count). The molecule has 0 aromatic heterocycles. The van der Waals surface area contributed by atoms with Gasteiger partial charge in [0.1, 0.15) is 0 Å². The normalized spacial score (nSPS) is 30.0. The van der Waals surface area contributed by atoms with Crippen molar-refractivity contribution < 1.29 is 14.3 Å². The predicted molar refractivity (Wildman–Crippen MR) is 40.1 cm³/mol. The zero-order valence-corrected chi connectivity index (χ0v) is 6.74. The molecule has 62 valence electrons. The third-order valence-corrected chi connectivity index (χ3v) is 1.59. The van der Waals surface area contributed by atoms with Crippen LogP contribution in [0.15, 0.2) is 12.2 Å². The number of esters is 1. The summed E-state index contributed by atoms with van der Waals surface area (Å²) in [6, 6.07) is 0. The molecule has 0 aromatic rings. The number of rotatable bonds is 1. The Bertz CT molecular complexity index is 174. The van der Waals surface area contributed by atoms with Gasteiger partial charge in [-0.1, -0.05) is 6.08 Å². The van der Waals surface area contributed by atoms with Gasteiger partial charge in [0, 0.05) is 0 Å². The van der Waals surface area contributed by atoms with Gasteiger partial charge in [-0.15, -0.1) is 0 Å². The minimum atomic E-state index is -0.497. The fourth-order valence-corrected chi connectivity index (χ4v) is 0.995. The van der Waals surface area contributed by atoms with E-state index in [1.165, 1.54) is 7.11 Å². The molecule has 3 heteroatoms. The summed E-state index contributed by atoms with van der Waals surface area (Å²) in [5.41, 5.74) is 0. The highest BCUT2D eigenvalue weighted by Gasteiger charge is 2.21. The van der Waals surface area contributed by atoms with E-state index in [0.717, 1.165) is 6.42 Å². The van der Waals surface area contributed by atoms with Crippen LogP contribution >= 0.6 is 0 Å². The first-order chi connectivity index (χ1) is 5.24. The van der Waals surface area contributed by atoms with Gasteiger partial charge in [-0.25, -0.2) is 4.79 Å². The van der Waals surface area contributed by atoms with E-state index in [2.05, 4.69) is 4.74 Å². The molecule has 0 radical (unpaired) electrons. The van der Waals surface area contributed by atoms with Gasteiger partial charge in [0.2, 0.25) is 0 Å². The minimum absolute atomic E-state index is 0.115. The van der Waals surface area contributed by atoms with Crippen molar-refractivity contribution in [3.63, 3.8) is 0 Å². The Morgan fingerprint density at radius 2 is 2.45 bits per heavy atom. The van der Waals surface area contributed by atoms with Crippen LogP contribution in [0.25, 0.3) is 0 Å². The summed E-state index contributed by atoms with van der Waals surface area (Å²) in [5.74, 6) is -0.326. The van der Waals surface area contributed by atoms with Crippen LogP contribution in [0.2, 0.25) is 0 Å².